The number of rotatable bonds is 6. The largest absolute Gasteiger partial charge is 0.464 e. The number of hydrogen-bond donors (Lipinski definition) is 0. The number of nitrogens with zero attached hydrogens (tertiary/aromatic N) is 1. The highest BCUT2D eigenvalue weighted by atomic mass is 19.1. The lowest BCUT2D eigenvalue weighted by atomic mass is 10.2. The van der Waals surface area contributed by atoms with Crippen LogP contribution in [0.4, 0.5) is 4.39 Å². The topological polar surface area (TPSA) is 29.5 Å². The molecule has 0 saturated heterocycles. The molecular formula is C13H18FNO2. The van der Waals surface area contributed by atoms with Gasteiger partial charge in [-0.05, 0) is 19.5 Å². The molecule has 0 spiro atoms. The van der Waals surface area contributed by atoms with E-state index in [1.807, 2.05) is 30.3 Å². The molecular weight excluding hydrogens is 221 g/mol. The van der Waals surface area contributed by atoms with Gasteiger partial charge in [-0.25, -0.2) is 9.18 Å². The summed E-state index contributed by atoms with van der Waals surface area (Å²) in [5.74, 6) is -0.785. The van der Waals surface area contributed by atoms with Crippen LogP contribution >= 0.6 is 0 Å². The van der Waals surface area contributed by atoms with Crippen LogP contribution in [0.2, 0.25) is 0 Å². The van der Waals surface area contributed by atoms with Gasteiger partial charge in [-0.1, -0.05) is 30.3 Å². The molecule has 1 atom stereocenters. The molecule has 0 aliphatic heterocycles. The van der Waals surface area contributed by atoms with E-state index in [2.05, 4.69) is 4.74 Å². The summed E-state index contributed by atoms with van der Waals surface area (Å²) < 4.78 is 18.0. The van der Waals surface area contributed by atoms with Gasteiger partial charge in [0.05, 0.1) is 6.61 Å². The molecule has 0 N–H and O–H groups in total. The highest BCUT2D eigenvalue weighted by Gasteiger charge is 2.20. The number of alkyl halides is 1. The van der Waals surface area contributed by atoms with E-state index in [1.165, 1.54) is 0 Å². The van der Waals surface area contributed by atoms with Crippen LogP contribution in [-0.4, -0.2) is 37.2 Å². The van der Waals surface area contributed by atoms with Crippen LogP contribution in [0.15, 0.2) is 30.3 Å². The summed E-state index contributed by atoms with van der Waals surface area (Å²) in [4.78, 5) is 12.9. The first-order valence-electron chi connectivity index (χ1n) is 5.66. The van der Waals surface area contributed by atoms with E-state index in [9.17, 15) is 9.18 Å². The van der Waals surface area contributed by atoms with E-state index in [-0.39, 0.29) is 13.2 Å². The zero-order chi connectivity index (χ0) is 12.7. The van der Waals surface area contributed by atoms with Crippen molar-refractivity contribution >= 4 is 5.97 Å². The zero-order valence-electron chi connectivity index (χ0n) is 10.2. The van der Waals surface area contributed by atoms with Crippen molar-refractivity contribution in [2.45, 2.75) is 19.6 Å². The summed E-state index contributed by atoms with van der Waals surface area (Å²) in [7, 11) is 1.78. The predicted octanol–water partition coefficient (Wildman–Crippen LogP) is 2.02. The lowest BCUT2D eigenvalue weighted by Crippen LogP contribution is -2.32. The second-order valence-corrected chi connectivity index (χ2v) is 3.90. The van der Waals surface area contributed by atoms with Crippen molar-refractivity contribution < 1.29 is 13.9 Å². The van der Waals surface area contributed by atoms with Crippen molar-refractivity contribution in [2.24, 2.45) is 0 Å². The van der Waals surface area contributed by atoms with Crippen LogP contribution in [0.25, 0.3) is 0 Å². The zero-order valence-corrected chi connectivity index (χ0v) is 10.2. The van der Waals surface area contributed by atoms with Gasteiger partial charge in [0.25, 0.3) is 0 Å². The second kappa shape index (κ2) is 7.01. The minimum Gasteiger partial charge on any atom is -0.464 e. The van der Waals surface area contributed by atoms with Crippen LogP contribution in [0.3, 0.4) is 0 Å². The highest BCUT2D eigenvalue weighted by molar-refractivity contribution is 5.74. The van der Waals surface area contributed by atoms with Gasteiger partial charge in [0.2, 0.25) is 6.17 Å². The number of ether oxygens (including phenoxy) is 1. The molecule has 0 heterocycles. The summed E-state index contributed by atoms with van der Waals surface area (Å²) in [6, 6.07) is 9.73. The fraction of sp³-hybridized carbons (Fsp3) is 0.462. The number of carbonyl (C=O) groups is 1. The molecule has 0 fully saturated rings. The quantitative estimate of drug-likeness (QED) is 0.711. The average molecular weight is 239 g/mol. The number of carbonyl (C=O) groups excluding carboxylic acids is 1. The number of esters is 1. The van der Waals surface area contributed by atoms with E-state index in [0.717, 1.165) is 5.56 Å². The van der Waals surface area contributed by atoms with E-state index >= 15 is 0 Å². The standard InChI is InChI=1S/C13H18FNO2/c1-3-17-13(16)12(14)10-15(2)9-11-7-5-4-6-8-11/h4-8,12H,3,9-10H2,1-2H3. The first-order valence-corrected chi connectivity index (χ1v) is 5.66. The van der Waals surface area contributed by atoms with Crippen molar-refractivity contribution in [3.63, 3.8) is 0 Å². The van der Waals surface area contributed by atoms with Crippen molar-refractivity contribution in [1.82, 2.24) is 4.90 Å². The summed E-state index contributed by atoms with van der Waals surface area (Å²) in [5, 5.41) is 0. The Morgan fingerprint density at radius 2 is 2.06 bits per heavy atom. The maximum absolute atomic E-state index is 13.4. The van der Waals surface area contributed by atoms with Gasteiger partial charge in [-0.3, -0.25) is 4.90 Å². The summed E-state index contributed by atoms with van der Waals surface area (Å²) in [6.45, 7) is 2.54. The molecule has 1 aromatic carbocycles. The summed E-state index contributed by atoms with van der Waals surface area (Å²) in [5.41, 5.74) is 1.09. The van der Waals surface area contributed by atoms with Gasteiger partial charge >= 0.3 is 5.97 Å². The Bertz CT molecular complexity index is 343. The Hall–Kier alpha value is -1.42. The van der Waals surface area contributed by atoms with Crippen LogP contribution in [0, 0.1) is 0 Å². The molecule has 1 rings (SSSR count). The molecule has 0 aliphatic carbocycles. The lowest BCUT2D eigenvalue weighted by Gasteiger charge is -2.18. The number of benzene rings is 1. The van der Waals surface area contributed by atoms with Crippen molar-refractivity contribution in [3.8, 4) is 0 Å². The smallest absolute Gasteiger partial charge is 0.342 e. The van der Waals surface area contributed by atoms with Gasteiger partial charge in [-0.2, -0.15) is 0 Å². The maximum atomic E-state index is 13.4. The second-order valence-electron chi connectivity index (χ2n) is 3.90. The van der Waals surface area contributed by atoms with Crippen molar-refractivity contribution in [1.29, 1.82) is 0 Å². The molecule has 0 radical (unpaired) electrons. The van der Waals surface area contributed by atoms with Gasteiger partial charge in [0, 0.05) is 13.1 Å². The van der Waals surface area contributed by atoms with Crippen LogP contribution in [0.5, 0.6) is 0 Å². The minimum absolute atomic E-state index is 0.0493. The summed E-state index contributed by atoms with van der Waals surface area (Å²) >= 11 is 0. The van der Waals surface area contributed by atoms with E-state index < -0.39 is 12.1 Å². The molecule has 0 aromatic heterocycles. The molecule has 4 heteroatoms. The Morgan fingerprint density at radius 1 is 1.41 bits per heavy atom. The fourth-order valence-corrected chi connectivity index (χ4v) is 1.54. The van der Waals surface area contributed by atoms with E-state index in [4.69, 9.17) is 0 Å². The third-order valence-corrected chi connectivity index (χ3v) is 2.31. The van der Waals surface area contributed by atoms with Crippen LogP contribution in [-0.2, 0) is 16.1 Å². The number of halogens is 1. The third kappa shape index (κ3) is 4.95. The molecule has 0 saturated carbocycles. The molecule has 3 nitrogen and oxygen atoms in total. The Balaban J connectivity index is 2.39. The average Bonchev–Trinajstić information content (AvgIpc) is 2.30. The van der Waals surface area contributed by atoms with Gasteiger partial charge in [0.1, 0.15) is 0 Å². The SMILES string of the molecule is CCOC(=O)C(F)CN(C)Cc1ccccc1. The first kappa shape index (κ1) is 13.6. The lowest BCUT2D eigenvalue weighted by molar-refractivity contribution is -0.149. The van der Waals surface area contributed by atoms with E-state index in [0.29, 0.717) is 6.54 Å². The van der Waals surface area contributed by atoms with Crippen molar-refractivity contribution in [2.75, 3.05) is 20.2 Å². The Morgan fingerprint density at radius 3 is 2.65 bits per heavy atom. The molecule has 0 bridgehead atoms. The van der Waals surface area contributed by atoms with Crippen LogP contribution in [0.1, 0.15) is 12.5 Å². The van der Waals surface area contributed by atoms with E-state index in [1.54, 1.807) is 18.9 Å². The van der Waals surface area contributed by atoms with Gasteiger partial charge in [-0.15, -0.1) is 0 Å². The Kier molecular flexibility index (Phi) is 5.63. The summed E-state index contributed by atoms with van der Waals surface area (Å²) in [6.07, 6.45) is -1.58. The third-order valence-electron chi connectivity index (χ3n) is 2.31. The molecule has 0 amide bonds. The Labute approximate surface area is 101 Å². The fourth-order valence-electron chi connectivity index (χ4n) is 1.54. The predicted molar refractivity (Wildman–Crippen MR) is 64.3 cm³/mol. The minimum atomic E-state index is -1.58. The van der Waals surface area contributed by atoms with Crippen molar-refractivity contribution in [3.05, 3.63) is 35.9 Å². The normalized spacial score (nSPS) is 12.5. The molecule has 94 valence electrons. The molecule has 0 aliphatic rings. The van der Waals surface area contributed by atoms with Crippen LogP contribution < -0.4 is 0 Å². The highest BCUT2D eigenvalue weighted by Crippen LogP contribution is 2.05. The monoisotopic (exact) mass is 239 g/mol. The molecule has 17 heavy (non-hydrogen) atoms. The number of hydrogen-bond acceptors (Lipinski definition) is 3. The van der Waals surface area contributed by atoms with Gasteiger partial charge in [0.15, 0.2) is 0 Å². The first-order chi connectivity index (χ1) is 8.13. The van der Waals surface area contributed by atoms with Gasteiger partial charge < -0.3 is 4.74 Å². The maximum Gasteiger partial charge on any atom is 0.342 e. The molecule has 1 unspecified atom stereocenters. The molecule has 1 aromatic rings.